The molecule has 1 saturated heterocycles. The highest BCUT2D eigenvalue weighted by Crippen LogP contribution is 2.35. The number of nitrogens with one attached hydrogen (secondary N) is 2. The highest BCUT2D eigenvalue weighted by molar-refractivity contribution is 5.85. The minimum Gasteiger partial charge on any atom is -0.353 e. The van der Waals surface area contributed by atoms with E-state index in [9.17, 15) is 4.79 Å². The van der Waals surface area contributed by atoms with E-state index in [-0.39, 0.29) is 23.7 Å². The Kier molecular flexibility index (Phi) is 6.13. The van der Waals surface area contributed by atoms with Crippen molar-refractivity contribution in [2.75, 3.05) is 6.54 Å². The van der Waals surface area contributed by atoms with Crippen LogP contribution in [-0.4, -0.2) is 24.5 Å². The number of piperidine rings is 1. The lowest BCUT2D eigenvalue weighted by molar-refractivity contribution is -0.128. The van der Waals surface area contributed by atoms with Crippen LogP contribution in [-0.2, 0) is 4.79 Å². The summed E-state index contributed by atoms with van der Waals surface area (Å²) in [5.74, 6) is 0.516. The molecule has 1 amide bonds. The van der Waals surface area contributed by atoms with Gasteiger partial charge in [0.1, 0.15) is 0 Å². The second kappa shape index (κ2) is 6.94. The van der Waals surface area contributed by atoms with Gasteiger partial charge in [0.25, 0.3) is 0 Å². The highest BCUT2D eigenvalue weighted by atomic mass is 35.5. The van der Waals surface area contributed by atoms with E-state index in [1.54, 1.807) is 0 Å². The van der Waals surface area contributed by atoms with E-state index < -0.39 is 0 Å². The van der Waals surface area contributed by atoms with Crippen molar-refractivity contribution >= 4 is 18.3 Å². The number of halogens is 1. The highest BCUT2D eigenvalue weighted by Gasteiger charge is 2.35. The molecule has 0 aromatic rings. The van der Waals surface area contributed by atoms with Crippen LogP contribution in [0.25, 0.3) is 0 Å². The average molecular weight is 289 g/mol. The summed E-state index contributed by atoms with van der Waals surface area (Å²) in [7, 11) is 0. The topological polar surface area (TPSA) is 41.1 Å². The standard InChI is InChI=1S/C15H28N2O.ClH/c1-11-10-12(7-9-16-11)14(18)17-13-6-4-5-8-15(13,2)3;/h11-13,16H,4-10H2,1-3H3,(H,17,18);1H/t11-,12-,13?;/m0./s1. The molecule has 0 bridgehead atoms. The van der Waals surface area contributed by atoms with Crippen molar-refractivity contribution in [3.05, 3.63) is 0 Å². The average Bonchev–Trinajstić information content (AvgIpc) is 2.31. The summed E-state index contributed by atoms with van der Waals surface area (Å²) in [5.41, 5.74) is 0.270. The zero-order valence-corrected chi connectivity index (χ0v) is 13.3. The summed E-state index contributed by atoms with van der Waals surface area (Å²) < 4.78 is 0. The summed E-state index contributed by atoms with van der Waals surface area (Å²) >= 11 is 0. The van der Waals surface area contributed by atoms with E-state index in [4.69, 9.17) is 0 Å². The first-order valence-corrected chi connectivity index (χ1v) is 7.53. The van der Waals surface area contributed by atoms with Gasteiger partial charge in [0.2, 0.25) is 5.91 Å². The van der Waals surface area contributed by atoms with E-state index in [1.807, 2.05) is 0 Å². The Labute approximate surface area is 123 Å². The van der Waals surface area contributed by atoms with E-state index in [0.717, 1.165) is 25.8 Å². The smallest absolute Gasteiger partial charge is 0.223 e. The fraction of sp³-hybridized carbons (Fsp3) is 0.933. The van der Waals surface area contributed by atoms with Crippen LogP contribution in [0.3, 0.4) is 0 Å². The van der Waals surface area contributed by atoms with Crippen LogP contribution in [0.5, 0.6) is 0 Å². The molecule has 1 aliphatic carbocycles. The SMILES string of the molecule is C[C@H]1C[C@@H](C(=O)NC2CCCCC2(C)C)CCN1.Cl. The summed E-state index contributed by atoms with van der Waals surface area (Å²) in [4.78, 5) is 12.4. The second-order valence-electron chi connectivity index (χ2n) is 6.87. The fourth-order valence-electron chi connectivity index (χ4n) is 3.42. The van der Waals surface area contributed by atoms with Crippen LogP contribution in [0.15, 0.2) is 0 Å². The van der Waals surface area contributed by atoms with Crippen molar-refractivity contribution in [2.24, 2.45) is 11.3 Å². The Morgan fingerprint density at radius 1 is 1.26 bits per heavy atom. The summed E-state index contributed by atoms with van der Waals surface area (Å²) in [6.07, 6.45) is 6.93. The van der Waals surface area contributed by atoms with Crippen molar-refractivity contribution in [3.8, 4) is 0 Å². The Morgan fingerprint density at radius 2 is 2.00 bits per heavy atom. The maximum absolute atomic E-state index is 12.4. The molecule has 0 aromatic carbocycles. The van der Waals surface area contributed by atoms with Crippen molar-refractivity contribution in [3.63, 3.8) is 0 Å². The molecule has 1 unspecified atom stereocenters. The first kappa shape index (κ1) is 16.8. The van der Waals surface area contributed by atoms with Crippen molar-refractivity contribution < 1.29 is 4.79 Å². The normalized spacial score (nSPS) is 34.2. The van der Waals surface area contributed by atoms with Crippen LogP contribution >= 0.6 is 12.4 Å². The maximum atomic E-state index is 12.4. The molecular weight excluding hydrogens is 260 g/mol. The quantitative estimate of drug-likeness (QED) is 0.820. The molecule has 0 aromatic heterocycles. The number of hydrogen-bond donors (Lipinski definition) is 2. The monoisotopic (exact) mass is 288 g/mol. The van der Waals surface area contributed by atoms with E-state index in [0.29, 0.717) is 18.0 Å². The van der Waals surface area contributed by atoms with Gasteiger partial charge in [0.05, 0.1) is 0 Å². The minimum absolute atomic E-state index is 0. The Morgan fingerprint density at radius 3 is 2.63 bits per heavy atom. The number of rotatable bonds is 2. The largest absolute Gasteiger partial charge is 0.353 e. The number of hydrogen-bond acceptors (Lipinski definition) is 2. The predicted molar refractivity (Wildman–Crippen MR) is 81.6 cm³/mol. The molecule has 19 heavy (non-hydrogen) atoms. The van der Waals surface area contributed by atoms with E-state index >= 15 is 0 Å². The maximum Gasteiger partial charge on any atom is 0.223 e. The van der Waals surface area contributed by atoms with Crippen LogP contribution in [0, 0.1) is 11.3 Å². The predicted octanol–water partition coefficient (Wildman–Crippen LogP) is 2.88. The first-order valence-electron chi connectivity index (χ1n) is 7.53. The lowest BCUT2D eigenvalue weighted by Gasteiger charge is -2.40. The van der Waals surface area contributed by atoms with Gasteiger partial charge >= 0.3 is 0 Å². The molecule has 2 N–H and O–H groups in total. The molecule has 2 rings (SSSR count). The number of carbonyl (C=O) groups is 1. The lowest BCUT2D eigenvalue weighted by Crippen LogP contribution is -2.50. The summed E-state index contributed by atoms with van der Waals surface area (Å²) in [6.45, 7) is 7.74. The van der Waals surface area contributed by atoms with Crippen molar-refractivity contribution in [1.29, 1.82) is 0 Å². The Balaban J connectivity index is 0.00000180. The van der Waals surface area contributed by atoms with E-state index in [2.05, 4.69) is 31.4 Å². The lowest BCUT2D eigenvalue weighted by atomic mass is 9.73. The molecule has 0 spiro atoms. The Bertz CT molecular complexity index is 307. The first-order chi connectivity index (χ1) is 8.49. The third-order valence-corrected chi connectivity index (χ3v) is 4.82. The molecule has 1 saturated carbocycles. The van der Waals surface area contributed by atoms with Gasteiger partial charge in [-0.3, -0.25) is 4.79 Å². The van der Waals surface area contributed by atoms with Crippen molar-refractivity contribution in [2.45, 2.75) is 71.4 Å². The van der Waals surface area contributed by atoms with E-state index in [1.165, 1.54) is 19.3 Å². The van der Waals surface area contributed by atoms with Gasteiger partial charge in [-0.25, -0.2) is 0 Å². The van der Waals surface area contributed by atoms with Crippen LogP contribution < -0.4 is 10.6 Å². The summed E-state index contributed by atoms with van der Waals surface area (Å²) in [5, 5.41) is 6.74. The third kappa shape index (κ3) is 4.35. The molecule has 112 valence electrons. The molecule has 3 nitrogen and oxygen atoms in total. The van der Waals surface area contributed by atoms with Gasteiger partial charge in [-0.05, 0) is 44.6 Å². The van der Waals surface area contributed by atoms with Crippen LogP contribution in [0.2, 0.25) is 0 Å². The second-order valence-corrected chi connectivity index (χ2v) is 6.87. The molecule has 1 aliphatic heterocycles. The molecule has 4 heteroatoms. The Hall–Kier alpha value is -0.280. The van der Waals surface area contributed by atoms with Crippen LogP contribution in [0.4, 0.5) is 0 Å². The van der Waals surface area contributed by atoms with Crippen molar-refractivity contribution in [1.82, 2.24) is 10.6 Å². The molecule has 2 aliphatic rings. The van der Waals surface area contributed by atoms with Gasteiger partial charge in [0, 0.05) is 18.0 Å². The van der Waals surface area contributed by atoms with Gasteiger partial charge in [-0.1, -0.05) is 26.7 Å². The summed E-state index contributed by atoms with van der Waals surface area (Å²) in [6, 6.07) is 0.859. The van der Waals surface area contributed by atoms with Gasteiger partial charge in [-0.2, -0.15) is 0 Å². The zero-order valence-electron chi connectivity index (χ0n) is 12.5. The fourth-order valence-corrected chi connectivity index (χ4v) is 3.42. The number of carbonyl (C=O) groups excluding carboxylic acids is 1. The minimum atomic E-state index is 0. The zero-order chi connectivity index (χ0) is 13.2. The van der Waals surface area contributed by atoms with Gasteiger partial charge < -0.3 is 10.6 Å². The third-order valence-electron chi connectivity index (χ3n) is 4.82. The molecule has 0 radical (unpaired) electrons. The van der Waals surface area contributed by atoms with Gasteiger partial charge in [0.15, 0.2) is 0 Å². The molecule has 3 atom stereocenters. The molecule has 2 fully saturated rings. The van der Waals surface area contributed by atoms with Gasteiger partial charge in [-0.15, -0.1) is 12.4 Å². The molecule has 1 heterocycles. The van der Waals surface area contributed by atoms with Crippen LogP contribution in [0.1, 0.15) is 59.3 Å². The molecular formula is C15H29ClN2O. The number of amides is 1.